The Morgan fingerprint density at radius 1 is 0.265 bits per heavy atom. The molecule has 0 spiro atoms. The van der Waals surface area contributed by atoms with Gasteiger partial charge in [0.05, 0.1) is 22.1 Å². The van der Waals surface area contributed by atoms with Gasteiger partial charge in [-0.25, -0.2) is 4.98 Å². The van der Waals surface area contributed by atoms with Gasteiger partial charge < -0.3 is 4.57 Å². The van der Waals surface area contributed by atoms with Gasteiger partial charge in [0.1, 0.15) is 0 Å². The normalized spacial score (nSPS) is 12.1. The minimum absolute atomic E-state index is 0.558. The standard InChI is InChI=1S/C63H37N5/c1-2-17-38(18-3-1)61-64-62(54-30-16-29-51-45-23-8-6-22-43(45)44-24-10-11-28-50(44)58(51)54)66-63(65-61)68-57-32-15-13-27-49(57)53-36-35-52-48-26-12-14-31-56(48)67(59(52)60(53)68)39-33-34-47-42-21-5-4-19-40(42)41-20-7-9-25-46(41)55(47)37-39/h1-37H. The summed E-state index contributed by atoms with van der Waals surface area (Å²) in [5, 5.41) is 19.2. The zero-order valence-corrected chi connectivity index (χ0v) is 36.6. The van der Waals surface area contributed by atoms with Gasteiger partial charge in [-0.1, -0.05) is 200 Å². The van der Waals surface area contributed by atoms with Crippen molar-refractivity contribution in [3.8, 4) is 34.4 Å². The Balaban J connectivity index is 1.08. The molecule has 0 radical (unpaired) electrons. The van der Waals surface area contributed by atoms with Crippen LogP contribution in [0.3, 0.4) is 0 Å². The van der Waals surface area contributed by atoms with Crippen molar-refractivity contribution in [3.63, 3.8) is 0 Å². The summed E-state index contributed by atoms with van der Waals surface area (Å²) >= 11 is 0. The summed E-state index contributed by atoms with van der Waals surface area (Å²) in [4.78, 5) is 16.4. The molecule has 0 aliphatic rings. The second kappa shape index (κ2) is 14.2. The van der Waals surface area contributed by atoms with Gasteiger partial charge >= 0.3 is 0 Å². The number of para-hydroxylation sites is 2. The lowest BCUT2D eigenvalue weighted by Crippen LogP contribution is -2.07. The van der Waals surface area contributed by atoms with E-state index in [0.29, 0.717) is 17.6 Å². The SMILES string of the molecule is c1ccc(-c2nc(-c3cccc4c5ccccc5c5ccccc5c34)nc(-n3c4ccccc4c4ccc5c6ccccc6n(-c6ccc7c8ccccc8c8ccccc8c7c6)c5c43)n2)cc1. The Hall–Kier alpha value is -9.19. The van der Waals surface area contributed by atoms with Gasteiger partial charge in [0.2, 0.25) is 5.95 Å². The topological polar surface area (TPSA) is 48.5 Å². The quantitative estimate of drug-likeness (QED) is 0.166. The lowest BCUT2D eigenvalue weighted by molar-refractivity contribution is 0.954. The Kier molecular flexibility index (Phi) is 7.72. The monoisotopic (exact) mass is 863 g/mol. The van der Waals surface area contributed by atoms with Crippen LogP contribution in [0.1, 0.15) is 0 Å². The van der Waals surface area contributed by atoms with Crippen molar-refractivity contribution in [2.45, 2.75) is 0 Å². The molecule has 0 atom stereocenters. The van der Waals surface area contributed by atoms with Crippen LogP contribution in [0.4, 0.5) is 0 Å². The minimum atomic E-state index is 0.558. The number of rotatable bonds is 4. The average molecular weight is 864 g/mol. The van der Waals surface area contributed by atoms with Gasteiger partial charge in [-0.3, -0.25) is 4.57 Å². The molecule has 15 aromatic rings. The molecule has 5 heteroatoms. The Bertz CT molecular complexity index is 4540. The third-order valence-electron chi connectivity index (χ3n) is 14.3. The first kappa shape index (κ1) is 37.1. The maximum absolute atomic E-state index is 5.61. The summed E-state index contributed by atoms with van der Waals surface area (Å²) in [6.45, 7) is 0. The van der Waals surface area contributed by atoms with Crippen LogP contribution in [-0.4, -0.2) is 24.1 Å². The van der Waals surface area contributed by atoms with E-state index in [2.05, 4.69) is 215 Å². The third kappa shape index (κ3) is 5.18. The van der Waals surface area contributed by atoms with Crippen molar-refractivity contribution in [2.75, 3.05) is 0 Å². The predicted molar refractivity (Wildman–Crippen MR) is 284 cm³/mol. The molecule has 0 amide bonds. The molecule has 0 saturated heterocycles. The fraction of sp³-hybridized carbons (Fsp3) is 0. The zero-order valence-electron chi connectivity index (χ0n) is 36.6. The van der Waals surface area contributed by atoms with Crippen LogP contribution in [0, 0.1) is 0 Å². The fourth-order valence-electron chi connectivity index (χ4n) is 11.5. The molecule has 314 valence electrons. The van der Waals surface area contributed by atoms with Crippen molar-refractivity contribution in [2.24, 2.45) is 0 Å². The highest BCUT2D eigenvalue weighted by Crippen LogP contribution is 2.44. The number of benzene rings is 12. The molecule has 0 bridgehead atoms. The van der Waals surface area contributed by atoms with E-state index >= 15 is 0 Å². The molecule has 0 aliphatic carbocycles. The van der Waals surface area contributed by atoms with E-state index in [1.54, 1.807) is 0 Å². The van der Waals surface area contributed by atoms with Gasteiger partial charge in [0.25, 0.3) is 0 Å². The number of fused-ring (bicyclic) bond motifs is 19. The first-order chi connectivity index (χ1) is 33.8. The largest absolute Gasteiger partial charge is 0.307 e. The maximum Gasteiger partial charge on any atom is 0.238 e. The van der Waals surface area contributed by atoms with Crippen LogP contribution in [0.15, 0.2) is 224 Å². The van der Waals surface area contributed by atoms with Crippen molar-refractivity contribution < 1.29 is 0 Å². The molecule has 3 aromatic heterocycles. The maximum atomic E-state index is 5.61. The molecule has 15 rings (SSSR count). The molecule has 0 N–H and O–H groups in total. The highest BCUT2D eigenvalue weighted by atomic mass is 15.2. The predicted octanol–water partition coefficient (Wildman–Crippen LogP) is 16.3. The van der Waals surface area contributed by atoms with Crippen LogP contribution in [-0.2, 0) is 0 Å². The fourth-order valence-corrected chi connectivity index (χ4v) is 11.5. The molecule has 68 heavy (non-hydrogen) atoms. The Morgan fingerprint density at radius 2 is 0.676 bits per heavy atom. The van der Waals surface area contributed by atoms with E-state index < -0.39 is 0 Å². The van der Waals surface area contributed by atoms with Gasteiger partial charge in [0, 0.05) is 43.7 Å². The second-order valence-electron chi connectivity index (χ2n) is 17.9. The van der Waals surface area contributed by atoms with Crippen LogP contribution in [0.5, 0.6) is 0 Å². The molecule has 12 aromatic carbocycles. The first-order valence-corrected chi connectivity index (χ1v) is 23.2. The Labute approximate surface area is 389 Å². The first-order valence-electron chi connectivity index (χ1n) is 23.2. The highest BCUT2D eigenvalue weighted by molar-refractivity contribution is 6.29. The van der Waals surface area contributed by atoms with Gasteiger partial charge in [-0.2, -0.15) is 9.97 Å². The molecule has 3 heterocycles. The number of hydrogen-bond donors (Lipinski definition) is 0. The lowest BCUT2D eigenvalue weighted by Gasteiger charge is -2.16. The van der Waals surface area contributed by atoms with Crippen molar-refractivity contribution in [3.05, 3.63) is 224 Å². The molecule has 0 aliphatic heterocycles. The van der Waals surface area contributed by atoms with E-state index in [1.807, 2.05) is 18.2 Å². The zero-order chi connectivity index (χ0) is 44.5. The van der Waals surface area contributed by atoms with Crippen molar-refractivity contribution in [1.82, 2.24) is 24.1 Å². The third-order valence-corrected chi connectivity index (χ3v) is 14.3. The van der Waals surface area contributed by atoms with E-state index in [-0.39, 0.29) is 0 Å². The molecule has 5 nitrogen and oxygen atoms in total. The van der Waals surface area contributed by atoms with Crippen LogP contribution >= 0.6 is 0 Å². The van der Waals surface area contributed by atoms with E-state index in [4.69, 9.17) is 15.0 Å². The summed E-state index contributed by atoms with van der Waals surface area (Å²) in [7, 11) is 0. The molecule has 0 fully saturated rings. The summed E-state index contributed by atoms with van der Waals surface area (Å²) in [6.07, 6.45) is 0. The minimum Gasteiger partial charge on any atom is -0.307 e. The summed E-state index contributed by atoms with van der Waals surface area (Å²) < 4.78 is 4.76. The summed E-state index contributed by atoms with van der Waals surface area (Å²) in [5.41, 5.74) is 7.25. The van der Waals surface area contributed by atoms with E-state index in [0.717, 1.165) is 60.4 Å². The van der Waals surface area contributed by atoms with E-state index in [9.17, 15) is 0 Å². The Morgan fingerprint density at radius 3 is 1.26 bits per heavy atom. The molecule has 0 saturated carbocycles. The number of aromatic nitrogens is 5. The number of hydrogen-bond acceptors (Lipinski definition) is 3. The molecule has 0 unspecified atom stereocenters. The summed E-state index contributed by atoms with van der Waals surface area (Å²) in [6, 6.07) is 80.9. The van der Waals surface area contributed by atoms with Gasteiger partial charge in [-0.05, 0) is 83.5 Å². The van der Waals surface area contributed by atoms with Crippen molar-refractivity contribution in [1.29, 1.82) is 0 Å². The smallest absolute Gasteiger partial charge is 0.238 e. The average Bonchev–Trinajstić information content (AvgIpc) is 3.94. The summed E-state index contributed by atoms with van der Waals surface area (Å²) in [5.74, 6) is 1.79. The second-order valence-corrected chi connectivity index (χ2v) is 17.9. The van der Waals surface area contributed by atoms with Crippen LogP contribution < -0.4 is 0 Å². The van der Waals surface area contributed by atoms with Gasteiger partial charge in [-0.15, -0.1) is 0 Å². The highest BCUT2D eigenvalue weighted by Gasteiger charge is 2.25. The van der Waals surface area contributed by atoms with Crippen LogP contribution in [0.25, 0.3) is 143 Å². The lowest BCUT2D eigenvalue weighted by atomic mass is 9.91. The van der Waals surface area contributed by atoms with E-state index in [1.165, 1.54) is 64.6 Å². The van der Waals surface area contributed by atoms with Gasteiger partial charge in [0.15, 0.2) is 11.6 Å². The number of nitrogens with zero attached hydrogens (tertiary/aromatic N) is 5. The molecular weight excluding hydrogens is 827 g/mol. The molecular formula is C63H37N5. The van der Waals surface area contributed by atoms with Crippen molar-refractivity contribution >= 4 is 108 Å². The van der Waals surface area contributed by atoms with Crippen LogP contribution in [0.2, 0.25) is 0 Å².